The fourth-order valence-corrected chi connectivity index (χ4v) is 2.19. The monoisotopic (exact) mass is 212 g/mol. The summed E-state index contributed by atoms with van der Waals surface area (Å²) in [4.78, 5) is 34.6. The fraction of sp³-hybridized carbons (Fsp3) is 0.727. The third kappa shape index (κ3) is 2.25. The smallest absolute Gasteiger partial charge is 0.319 e. The second-order valence-electron chi connectivity index (χ2n) is 4.08. The summed E-state index contributed by atoms with van der Waals surface area (Å²) in [5, 5.41) is 0. The number of carbonyl (C=O) groups excluding carboxylic acids is 3. The van der Waals surface area contributed by atoms with Crippen molar-refractivity contribution < 1.29 is 19.1 Å². The van der Waals surface area contributed by atoms with Crippen molar-refractivity contribution >= 4 is 17.5 Å². The Kier molecular flexibility index (Phi) is 3.61. The molecule has 0 saturated heterocycles. The first-order chi connectivity index (χ1) is 7.03. The quantitative estimate of drug-likeness (QED) is 0.522. The first-order valence-corrected chi connectivity index (χ1v) is 5.14. The van der Waals surface area contributed by atoms with E-state index in [1.807, 2.05) is 0 Å². The minimum atomic E-state index is -1.18. The summed E-state index contributed by atoms with van der Waals surface area (Å²) in [6.07, 6.45) is 2.41. The largest absolute Gasteiger partial charge is 0.468 e. The number of ether oxygens (including phenoxy) is 1. The van der Waals surface area contributed by atoms with Crippen LogP contribution in [0.25, 0.3) is 0 Å². The SMILES string of the molecule is COC(=O)C1(CC(C)=O)CCCCC1=O. The highest BCUT2D eigenvalue weighted by Crippen LogP contribution is 2.37. The molecule has 0 aliphatic heterocycles. The van der Waals surface area contributed by atoms with Gasteiger partial charge in [0.05, 0.1) is 7.11 Å². The van der Waals surface area contributed by atoms with Gasteiger partial charge < -0.3 is 4.74 Å². The topological polar surface area (TPSA) is 60.4 Å². The Labute approximate surface area is 89.0 Å². The van der Waals surface area contributed by atoms with Crippen LogP contribution in [0, 0.1) is 5.41 Å². The van der Waals surface area contributed by atoms with Crippen molar-refractivity contribution in [2.45, 2.75) is 39.0 Å². The van der Waals surface area contributed by atoms with Gasteiger partial charge in [-0.2, -0.15) is 0 Å². The maximum absolute atomic E-state index is 11.8. The van der Waals surface area contributed by atoms with Crippen LogP contribution in [-0.4, -0.2) is 24.6 Å². The minimum absolute atomic E-state index is 0.0154. The highest BCUT2D eigenvalue weighted by molar-refractivity contribution is 6.07. The van der Waals surface area contributed by atoms with Crippen molar-refractivity contribution in [3.63, 3.8) is 0 Å². The molecule has 1 atom stereocenters. The predicted molar refractivity (Wildman–Crippen MR) is 53.2 cm³/mol. The van der Waals surface area contributed by atoms with Crippen LogP contribution in [0.2, 0.25) is 0 Å². The van der Waals surface area contributed by atoms with Gasteiger partial charge in [-0.3, -0.25) is 14.4 Å². The molecule has 4 heteroatoms. The second kappa shape index (κ2) is 4.55. The lowest BCUT2D eigenvalue weighted by Gasteiger charge is -2.31. The van der Waals surface area contributed by atoms with Gasteiger partial charge >= 0.3 is 5.97 Å². The Morgan fingerprint density at radius 3 is 2.53 bits per heavy atom. The Bertz CT molecular complexity index is 285. The molecular weight excluding hydrogens is 196 g/mol. The van der Waals surface area contributed by atoms with E-state index in [1.54, 1.807) is 0 Å². The Balaban J connectivity index is 2.97. The fourth-order valence-electron chi connectivity index (χ4n) is 2.19. The van der Waals surface area contributed by atoms with E-state index in [-0.39, 0.29) is 18.0 Å². The van der Waals surface area contributed by atoms with E-state index in [9.17, 15) is 14.4 Å². The molecule has 0 spiro atoms. The zero-order valence-electron chi connectivity index (χ0n) is 9.17. The summed E-state index contributed by atoms with van der Waals surface area (Å²) in [7, 11) is 1.26. The van der Waals surface area contributed by atoms with Gasteiger partial charge in [-0.15, -0.1) is 0 Å². The van der Waals surface area contributed by atoms with Crippen molar-refractivity contribution in [3.8, 4) is 0 Å². The van der Waals surface area contributed by atoms with Crippen LogP contribution in [0.4, 0.5) is 0 Å². The molecule has 0 radical (unpaired) electrons. The number of esters is 1. The Morgan fingerprint density at radius 2 is 2.07 bits per heavy atom. The third-order valence-corrected chi connectivity index (χ3v) is 2.92. The van der Waals surface area contributed by atoms with Crippen molar-refractivity contribution in [3.05, 3.63) is 0 Å². The van der Waals surface area contributed by atoms with Crippen LogP contribution in [0.3, 0.4) is 0 Å². The lowest BCUT2D eigenvalue weighted by atomic mass is 9.70. The van der Waals surface area contributed by atoms with Gasteiger partial charge in [-0.1, -0.05) is 6.42 Å². The summed E-state index contributed by atoms with van der Waals surface area (Å²) in [5.41, 5.74) is -1.18. The molecule has 1 aliphatic carbocycles. The number of methoxy groups -OCH3 is 1. The molecule has 0 N–H and O–H groups in total. The zero-order valence-corrected chi connectivity index (χ0v) is 9.17. The number of hydrogen-bond donors (Lipinski definition) is 0. The van der Waals surface area contributed by atoms with E-state index in [1.165, 1.54) is 14.0 Å². The molecule has 0 aromatic rings. The highest BCUT2D eigenvalue weighted by atomic mass is 16.5. The number of ketones is 2. The lowest BCUT2D eigenvalue weighted by Crippen LogP contribution is -2.43. The van der Waals surface area contributed by atoms with E-state index in [2.05, 4.69) is 4.74 Å². The van der Waals surface area contributed by atoms with Crippen LogP contribution in [0.15, 0.2) is 0 Å². The summed E-state index contributed by atoms with van der Waals surface area (Å²) in [6, 6.07) is 0. The van der Waals surface area contributed by atoms with Gasteiger partial charge in [0.1, 0.15) is 11.2 Å². The molecule has 0 bridgehead atoms. The molecule has 4 nitrogen and oxygen atoms in total. The number of Topliss-reactive ketones (excluding diaryl/α,β-unsaturated/α-hetero) is 2. The first kappa shape index (κ1) is 11.9. The second-order valence-corrected chi connectivity index (χ2v) is 4.08. The van der Waals surface area contributed by atoms with Gasteiger partial charge in [0.2, 0.25) is 0 Å². The summed E-state index contributed by atoms with van der Waals surface area (Å²) in [6.45, 7) is 1.40. The third-order valence-electron chi connectivity index (χ3n) is 2.92. The van der Waals surface area contributed by atoms with Gasteiger partial charge in [0.25, 0.3) is 0 Å². The van der Waals surface area contributed by atoms with Crippen LogP contribution in [-0.2, 0) is 19.1 Å². The van der Waals surface area contributed by atoms with Gasteiger partial charge in [-0.25, -0.2) is 0 Å². The average molecular weight is 212 g/mol. The zero-order chi connectivity index (χ0) is 11.5. The molecule has 84 valence electrons. The van der Waals surface area contributed by atoms with Crippen LogP contribution < -0.4 is 0 Å². The average Bonchev–Trinajstić information content (AvgIpc) is 2.19. The van der Waals surface area contributed by atoms with Gasteiger partial charge in [0.15, 0.2) is 5.78 Å². The molecule has 0 aromatic heterocycles. The van der Waals surface area contributed by atoms with Crippen LogP contribution in [0.5, 0.6) is 0 Å². The van der Waals surface area contributed by atoms with E-state index in [4.69, 9.17) is 0 Å². The maximum Gasteiger partial charge on any atom is 0.319 e. The van der Waals surface area contributed by atoms with Crippen molar-refractivity contribution in [2.75, 3.05) is 7.11 Å². The van der Waals surface area contributed by atoms with Crippen molar-refractivity contribution in [1.82, 2.24) is 0 Å². The molecule has 0 amide bonds. The number of rotatable bonds is 3. The van der Waals surface area contributed by atoms with Crippen molar-refractivity contribution in [1.29, 1.82) is 0 Å². The molecule has 0 heterocycles. The molecule has 15 heavy (non-hydrogen) atoms. The van der Waals surface area contributed by atoms with Gasteiger partial charge in [0, 0.05) is 12.8 Å². The van der Waals surface area contributed by atoms with Crippen molar-refractivity contribution in [2.24, 2.45) is 5.41 Å². The first-order valence-electron chi connectivity index (χ1n) is 5.14. The standard InChI is InChI=1S/C11H16O4/c1-8(12)7-11(10(14)15-2)6-4-3-5-9(11)13/h3-7H2,1-2H3. The molecule has 1 aliphatic rings. The minimum Gasteiger partial charge on any atom is -0.468 e. The molecule has 1 fully saturated rings. The normalized spacial score (nSPS) is 26.1. The predicted octanol–water partition coefficient (Wildman–Crippen LogP) is 1.27. The van der Waals surface area contributed by atoms with E-state index < -0.39 is 11.4 Å². The van der Waals surface area contributed by atoms with Crippen LogP contribution in [0.1, 0.15) is 39.0 Å². The summed E-state index contributed by atoms with van der Waals surface area (Å²) >= 11 is 0. The van der Waals surface area contributed by atoms with E-state index in [0.29, 0.717) is 12.8 Å². The number of hydrogen-bond acceptors (Lipinski definition) is 4. The molecule has 1 saturated carbocycles. The van der Waals surface area contributed by atoms with Crippen LogP contribution >= 0.6 is 0 Å². The summed E-state index contributed by atoms with van der Waals surface area (Å²) in [5.74, 6) is -0.839. The Hall–Kier alpha value is -1.19. The summed E-state index contributed by atoms with van der Waals surface area (Å²) < 4.78 is 4.65. The molecule has 1 rings (SSSR count). The molecule has 1 unspecified atom stereocenters. The molecule has 0 aromatic carbocycles. The van der Waals surface area contributed by atoms with E-state index >= 15 is 0 Å². The number of carbonyl (C=O) groups is 3. The lowest BCUT2D eigenvalue weighted by molar-refractivity contribution is -0.162. The van der Waals surface area contributed by atoms with Gasteiger partial charge in [-0.05, 0) is 19.8 Å². The van der Waals surface area contributed by atoms with E-state index in [0.717, 1.165) is 12.8 Å². The highest BCUT2D eigenvalue weighted by Gasteiger charge is 2.48. The molecular formula is C11H16O4. The maximum atomic E-state index is 11.8. The Morgan fingerprint density at radius 1 is 1.40 bits per heavy atom.